The highest BCUT2D eigenvalue weighted by molar-refractivity contribution is 7.24. The third kappa shape index (κ3) is 2.30. The number of hydrogen-bond acceptors (Lipinski definition) is 2. The first-order valence-electron chi connectivity index (χ1n) is 6.47. The monoisotopic (exact) mass is 266 g/mol. The lowest BCUT2D eigenvalue weighted by molar-refractivity contribution is 0.885. The van der Waals surface area contributed by atoms with Crippen molar-refractivity contribution in [1.82, 2.24) is 0 Å². The number of thiophene rings is 2. The Balaban J connectivity index is 2.67. The van der Waals surface area contributed by atoms with Crippen molar-refractivity contribution in [3.8, 4) is 0 Å². The maximum Gasteiger partial charge on any atom is 0.0490 e. The van der Waals surface area contributed by atoms with E-state index in [1.807, 2.05) is 22.7 Å². The van der Waals surface area contributed by atoms with Crippen LogP contribution in [-0.2, 0) is 0 Å². The molecule has 0 saturated heterocycles. The van der Waals surface area contributed by atoms with E-state index >= 15 is 0 Å². The second-order valence-corrected chi connectivity index (χ2v) is 7.85. The maximum atomic E-state index is 2.43. The standard InChI is InChI=1S/C15H22S2/c1-8(2)12-7-11-13(9(3)4)17-14(10(5)6)15(11)16-12/h7-10H,1-6H3. The first kappa shape index (κ1) is 13.1. The fourth-order valence-electron chi connectivity index (χ4n) is 2.09. The van der Waals surface area contributed by atoms with Crippen LogP contribution in [-0.4, -0.2) is 0 Å². The van der Waals surface area contributed by atoms with E-state index in [0.717, 1.165) is 0 Å². The van der Waals surface area contributed by atoms with Gasteiger partial charge in [-0.25, -0.2) is 0 Å². The average Bonchev–Trinajstić information content (AvgIpc) is 2.72. The normalized spacial score (nSPS) is 12.5. The van der Waals surface area contributed by atoms with Crippen LogP contribution < -0.4 is 0 Å². The van der Waals surface area contributed by atoms with Crippen molar-refractivity contribution in [3.05, 3.63) is 20.7 Å². The van der Waals surface area contributed by atoms with Crippen molar-refractivity contribution < 1.29 is 0 Å². The van der Waals surface area contributed by atoms with E-state index in [-0.39, 0.29) is 0 Å². The molecule has 0 aliphatic carbocycles. The van der Waals surface area contributed by atoms with Gasteiger partial charge in [0, 0.05) is 24.7 Å². The SMILES string of the molecule is CC(C)c1cc2c(C(C)C)sc(C(C)C)c2s1. The fourth-order valence-corrected chi connectivity index (χ4v) is 4.85. The van der Waals surface area contributed by atoms with Gasteiger partial charge in [-0.1, -0.05) is 41.5 Å². The van der Waals surface area contributed by atoms with Gasteiger partial charge in [0.1, 0.15) is 0 Å². The summed E-state index contributed by atoms with van der Waals surface area (Å²) in [6.07, 6.45) is 0. The van der Waals surface area contributed by atoms with Gasteiger partial charge >= 0.3 is 0 Å². The van der Waals surface area contributed by atoms with Gasteiger partial charge in [-0.3, -0.25) is 0 Å². The molecule has 94 valence electrons. The largest absolute Gasteiger partial charge is 0.143 e. The molecule has 0 spiro atoms. The zero-order chi connectivity index (χ0) is 12.7. The third-order valence-corrected chi connectivity index (χ3v) is 6.48. The quantitative estimate of drug-likeness (QED) is 0.608. The molecule has 2 heterocycles. The average molecular weight is 266 g/mol. The number of fused-ring (bicyclic) bond motifs is 1. The minimum Gasteiger partial charge on any atom is -0.143 e. The van der Waals surface area contributed by atoms with Crippen molar-refractivity contribution >= 4 is 32.8 Å². The van der Waals surface area contributed by atoms with Crippen LogP contribution in [0.2, 0.25) is 0 Å². The molecule has 0 bridgehead atoms. The summed E-state index contributed by atoms with van der Waals surface area (Å²) >= 11 is 4.04. The summed E-state index contributed by atoms with van der Waals surface area (Å²) in [6.45, 7) is 13.8. The topological polar surface area (TPSA) is 0 Å². The molecule has 0 atom stereocenters. The Morgan fingerprint density at radius 2 is 1.35 bits per heavy atom. The van der Waals surface area contributed by atoms with E-state index in [9.17, 15) is 0 Å². The van der Waals surface area contributed by atoms with Crippen LogP contribution in [0.25, 0.3) is 10.1 Å². The summed E-state index contributed by atoms with van der Waals surface area (Å²) in [5, 5.41) is 1.53. The maximum absolute atomic E-state index is 2.43. The van der Waals surface area contributed by atoms with Crippen LogP contribution in [0.4, 0.5) is 0 Å². The van der Waals surface area contributed by atoms with Crippen molar-refractivity contribution in [3.63, 3.8) is 0 Å². The summed E-state index contributed by atoms with van der Waals surface area (Å²) < 4.78 is 1.55. The first-order valence-corrected chi connectivity index (χ1v) is 8.11. The molecule has 2 rings (SSSR count). The molecule has 17 heavy (non-hydrogen) atoms. The van der Waals surface area contributed by atoms with E-state index < -0.39 is 0 Å². The highest BCUT2D eigenvalue weighted by Crippen LogP contribution is 2.45. The van der Waals surface area contributed by atoms with Crippen LogP contribution in [0.5, 0.6) is 0 Å². The minimum atomic E-state index is 0.643. The smallest absolute Gasteiger partial charge is 0.0490 e. The molecule has 0 aliphatic heterocycles. The van der Waals surface area contributed by atoms with Crippen LogP contribution in [0, 0.1) is 0 Å². The predicted molar refractivity (Wildman–Crippen MR) is 82.0 cm³/mol. The van der Waals surface area contributed by atoms with Crippen molar-refractivity contribution in [2.75, 3.05) is 0 Å². The Morgan fingerprint density at radius 3 is 1.82 bits per heavy atom. The molecule has 2 heteroatoms. The molecule has 0 radical (unpaired) electrons. The summed E-state index contributed by atoms with van der Waals surface area (Å²) in [6, 6.07) is 2.43. The summed E-state index contributed by atoms with van der Waals surface area (Å²) in [5.41, 5.74) is 0. The van der Waals surface area contributed by atoms with Crippen LogP contribution in [0.1, 0.15) is 73.9 Å². The Kier molecular flexibility index (Phi) is 3.65. The molecule has 0 nitrogen and oxygen atoms in total. The van der Waals surface area contributed by atoms with Crippen molar-refractivity contribution in [2.45, 2.75) is 59.3 Å². The Hall–Kier alpha value is -0.340. The Morgan fingerprint density at radius 1 is 0.765 bits per heavy atom. The predicted octanol–water partition coefficient (Wildman–Crippen LogP) is 6.33. The first-order chi connectivity index (χ1) is 7.91. The molecule has 2 aromatic heterocycles. The van der Waals surface area contributed by atoms with Gasteiger partial charge in [0.05, 0.1) is 0 Å². The molecule has 0 unspecified atom stereocenters. The van der Waals surface area contributed by atoms with E-state index in [2.05, 4.69) is 47.6 Å². The molecule has 0 amide bonds. The summed E-state index contributed by atoms with van der Waals surface area (Å²) in [7, 11) is 0. The van der Waals surface area contributed by atoms with Gasteiger partial charge in [-0.05, 0) is 23.8 Å². The van der Waals surface area contributed by atoms with Gasteiger partial charge in [0.25, 0.3) is 0 Å². The molecule has 0 aliphatic rings. The second kappa shape index (κ2) is 4.74. The van der Waals surface area contributed by atoms with Gasteiger partial charge < -0.3 is 0 Å². The van der Waals surface area contributed by atoms with Crippen LogP contribution in [0.3, 0.4) is 0 Å². The molecule has 0 fully saturated rings. The second-order valence-electron chi connectivity index (χ2n) is 5.69. The summed E-state index contributed by atoms with van der Waals surface area (Å²) in [5.74, 6) is 1.94. The van der Waals surface area contributed by atoms with Gasteiger partial charge in [0.2, 0.25) is 0 Å². The van der Waals surface area contributed by atoms with Crippen LogP contribution in [0.15, 0.2) is 6.07 Å². The summed E-state index contributed by atoms with van der Waals surface area (Å²) in [4.78, 5) is 4.69. The van der Waals surface area contributed by atoms with E-state index in [4.69, 9.17) is 0 Å². The minimum absolute atomic E-state index is 0.643. The highest BCUT2D eigenvalue weighted by Gasteiger charge is 2.19. The number of hydrogen-bond donors (Lipinski definition) is 0. The Labute approximate surface area is 113 Å². The van der Waals surface area contributed by atoms with Crippen molar-refractivity contribution in [2.24, 2.45) is 0 Å². The zero-order valence-corrected chi connectivity index (χ0v) is 13.3. The lowest BCUT2D eigenvalue weighted by Gasteiger charge is -2.03. The zero-order valence-electron chi connectivity index (χ0n) is 11.6. The lowest BCUT2D eigenvalue weighted by atomic mass is 10.1. The van der Waals surface area contributed by atoms with E-state index in [1.165, 1.54) is 10.3 Å². The molecular weight excluding hydrogens is 244 g/mol. The van der Waals surface area contributed by atoms with E-state index in [0.29, 0.717) is 17.8 Å². The van der Waals surface area contributed by atoms with Gasteiger partial charge in [-0.2, -0.15) is 0 Å². The van der Waals surface area contributed by atoms with Gasteiger partial charge in [0.15, 0.2) is 0 Å². The number of rotatable bonds is 3. The molecule has 0 saturated carbocycles. The molecule has 0 aromatic carbocycles. The fraction of sp³-hybridized carbons (Fsp3) is 0.600. The van der Waals surface area contributed by atoms with E-state index in [1.54, 1.807) is 14.5 Å². The third-order valence-electron chi connectivity index (χ3n) is 3.08. The van der Waals surface area contributed by atoms with Gasteiger partial charge in [-0.15, -0.1) is 22.7 Å². The van der Waals surface area contributed by atoms with Crippen molar-refractivity contribution in [1.29, 1.82) is 0 Å². The highest BCUT2D eigenvalue weighted by atomic mass is 32.1. The molecular formula is C15H22S2. The molecule has 2 aromatic rings. The lowest BCUT2D eigenvalue weighted by Crippen LogP contribution is -1.83. The Bertz CT molecular complexity index is 472. The molecule has 0 N–H and O–H groups in total. The van der Waals surface area contributed by atoms with Crippen LogP contribution >= 0.6 is 22.7 Å².